The number of thioether (sulfide) groups is 1. The van der Waals surface area contributed by atoms with E-state index in [1.807, 2.05) is 12.3 Å². The molecule has 6 nitrogen and oxygen atoms in total. The molecule has 1 fully saturated rings. The van der Waals surface area contributed by atoms with Gasteiger partial charge in [-0.3, -0.25) is 4.79 Å². The second kappa shape index (κ2) is 8.02. The Balaban J connectivity index is 1.76. The Labute approximate surface area is 172 Å². The summed E-state index contributed by atoms with van der Waals surface area (Å²) < 4.78 is 19.8. The van der Waals surface area contributed by atoms with Crippen LogP contribution in [0.25, 0.3) is 0 Å². The van der Waals surface area contributed by atoms with Crippen LogP contribution < -0.4 is 5.32 Å². The maximum Gasteiger partial charge on any atom is 0.338 e. The lowest BCUT2D eigenvalue weighted by atomic mass is 9.92. The zero-order valence-corrected chi connectivity index (χ0v) is 17.1. The topological polar surface area (TPSA) is 71.0 Å². The van der Waals surface area contributed by atoms with Gasteiger partial charge in [-0.05, 0) is 30.7 Å². The van der Waals surface area contributed by atoms with E-state index in [4.69, 9.17) is 4.74 Å². The molecule has 0 spiro atoms. The summed E-state index contributed by atoms with van der Waals surface area (Å²) in [6.45, 7) is 1.90. The van der Waals surface area contributed by atoms with E-state index in [1.54, 1.807) is 23.1 Å². The number of rotatable bonds is 6. The second-order valence-corrected chi connectivity index (χ2v) is 7.98. The number of benzene rings is 1. The summed E-state index contributed by atoms with van der Waals surface area (Å²) >= 11 is 1.38. The van der Waals surface area contributed by atoms with Crippen LogP contribution in [-0.2, 0) is 14.3 Å². The Kier molecular flexibility index (Phi) is 5.45. The van der Waals surface area contributed by atoms with Gasteiger partial charge in [-0.1, -0.05) is 36.9 Å². The van der Waals surface area contributed by atoms with Gasteiger partial charge in [-0.2, -0.15) is 0 Å². The normalized spacial score (nSPS) is 20.8. The third-order valence-corrected chi connectivity index (χ3v) is 6.00. The van der Waals surface area contributed by atoms with Crippen LogP contribution in [0, 0.1) is 5.82 Å². The molecule has 1 N–H and O–H groups in total. The number of hydrogen-bond donors (Lipinski definition) is 1. The number of amidine groups is 1. The molecule has 1 amide bonds. The first-order chi connectivity index (χ1) is 14.0. The van der Waals surface area contributed by atoms with Gasteiger partial charge in [-0.25, -0.2) is 14.2 Å². The fourth-order valence-electron chi connectivity index (χ4n) is 3.57. The molecule has 4 rings (SSSR count). The Morgan fingerprint density at radius 2 is 2.10 bits per heavy atom. The summed E-state index contributed by atoms with van der Waals surface area (Å²) in [7, 11) is 1.30. The number of carbonyl (C=O) groups is 2. The molecule has 2 heterocycles. The number of carbonyl (C=O) groups excluding carboxylic acids is 2. The lowest BCUT2D eigenvalue weighted by Crippen LogP contribution is -2.38. The van der Waals surface area contributed by atoms with Gasteiger partial charge in [0.15, 0.2) is 5.17 Å². The van der Waals surface area contributed by atoms with Crippen LogP contribution >= 0.6 is 11.8 Å². The minimum absolute atomic E-state index is 0.0854. The molecule has 1 saturated carbocycles. The summed E-state index contributed by atoms with van der Waals surface area (Å²) in [5, 5.41) is 5.46. The summed E-state index contributed by atoms with van der Waals surface area (Å²) in [6.07, 6.45) is 2.65. The van der Waals surface area contributed by atoms with E-state index >= 15 is 0 Å². The predicted molar refractivity (Wildman–Crippen MR) is 109 cm³/mol. The summed E-state index contributed by atoms with van der Waals surface area (Å²) in [4.78, 5) is 31.5. The molecule has 1 aliphatic carbocycles. The lowest BCUT2D eigenvalue weighted by molar-refractivity contribution is -0.136. The van der Waals surface area contributed by atoms with Crippen molar-refractivity contribution in [3.05, 3.63) is 58.0 Å². The lowest BCUT2D eigenvalue weighted by Gasteiger charge is -2.36. The summed E-state index contributed by atoms with van der Waals surface area (Å²) in [6, 6.07) is 5.89. The Morgan fingerprint density at radius 3 is 2.76 bits per heavy atom. The third kappa shape index (κ3) is 3.81. The van der Waals surface area contributed by atoms with Crippen molar-refractivity contribution in [3.8, 4) is 0 Å². The molecule has 0 aromatic heterocycles. The maximum atomic E-state index is 14.8. The molecule has 0 bridgehead atoms. The molecular weight excluding hydrogens is 393 g/mol. The smallest absolute Gasteiger partial charge is 0.338 e. The fraction of sp³-hybridized carbons (Fsp3) is 0.381. The number of nitrogens with zero attached hydrogens (tertiary/aromatic N) is 2. The van der Waals surface area contributed by atoms with Crippen molar-refractivity contribution < 1.29 is 18.7 Å². The summed E-state index contributed by atoms with van der Waals surface area (Å²) in [5.74, 6) is -1.05. The van der Waals surface area contributed by atoms with E-state index in [1.165, 1.54) is 24.9 Å². The highest BCUT2D eigenvalue weighted by Gasteiger charge is 2.42. The molecule has 1 atom stereocenters. The van der Waals surface area contributed by atoms with Crippen LogP contribution in [0.5, 0.6) is 0 Å². The van der Waals surface area contributed by atoms with E-state index in [0.29, 0.717) is 34.1 Å². The van der Waals surface area contributed by atoms with Gasteiger partial charge in [0.05, 0.1) is 30.8 Å². The Morgan fingerprint density at radius 1 is 1.34 bits per heavy atom. The molecule has 3 aliphatic rings. The van der Waals surface area contributed by atoms with Crippen LogP contribution in [0.15, 0.2) is 51.6 Å². The number of ether oxygens (including phenoxy) is 1. The van der Waals surface area contributed by atoms with Gasteiger partial charge in [0, 0.05) is 17.3 Å². The minimum Gasteiger partial charge on any atom is -0.466 e. The number of hydrogen-bond acceptors (Lipinski definition) is 6. The van der Waals surface area contributed by atoms with Crippen molar-refractivity contribution in [2.24, 2.45) is 4.99 Å². The Hall–Kier alpha value is -2.61. The van der Waals surface area contributed by atoms with Crippen molar-refractivity contribution in [1.29, 1.82) is 0 Å². The van der Waals surface area contributed by atoms with Crippen molar-refractivity contribution in [2.75, 3.05) is 7.11 Å². The SMILES string of the molecule is CCC1=C(C(=O)OC)[C@H](c2ccccc2F)N2C(CC(=O)NC3CC3)=CSC2=N1. The van der Waals surface area contributed by atoms with Crippen LogP contribution in [-0.4, -0.2) is 35.1 Å². The number of halogens is 1. The highest BCUT2D eigenvalue weighted by atomic mass is 32.2. The number of esters is 1. The van der Waals surface area contributed by atoms with Crippen LogP contribution in [0.2, 0.25) is 0 Å². The molecule has 1 aromatic rings. The number of methoxy groups -OCH3 is 1. The average molecular weight is 415 g/mol. The van der Waals surface area contributed by atoms with Crippen LogP contribution in [0.4, 0.5) is 4.39 Å². The first-order valence-electron chi connectivity index (χ1n) is 9.62. The molecule has 0 unspecified atom stereocenters. The number of amides is 1. The highest BCUT2D eigenvalue weighted by molar-refractivity contribution is 8.16. The van der Waals surface area contributed by atoms with Crippen molar-refractivity contribution in [1.82, 2.24) is 10.2 Å². The van der Waals surface area contributed by atoms with Gasteiger partial charge in [0.2, 0.25) is 5.91 Å². The zero-order valence-electron chi connectivity index (χ0n) is 16.3. The predicted octanol–water partition coefficient (Wildman–Crippen LogP) is 3.63. The maximum absolute atomic E-state index is 14.8. The third-order valence-electron chi connectivity index (χ3n) is 5.11. The number of nitrogens with one attached hydrogen (secondary N) is 1. The monoisotopic (exact) mass is 415 g/mol. The number of aliphatic imine (C=N–C) groups is 1. The highest BCUT2D eigenvalue weighted by Crippen LogP contribution is 2.45. The number of allylic oxidation sites excluding steroid dienone is 1. The fourth-order valence-corrected chi connectivity index (χ4v) is 4.51. The zero-order chi connectivity index (χ0) is 20.5. The first kappa shape index (κ1) is 19.7. The molecule has 29 heavy (non-hydrogen) atoms. The van der Waals surface area contributed by atoms with E-state index < -0.39 is 17.8 Å². The molecule has 152 valence electrons. The van der Waals surface area contributed by atoms with Crippen molar-refractivity contribution in [3.63, 3.8) is 0 Å². The molecular formula is C21H22FN3O3S. The van der Waals surface area contributed by atoms with Crippen LogP contribution in [0.1, 0.15) is 44.2 Å². The van der Waals surface area contributed by atoms with Gasteiger partial charge >= 0.3 is 5.97 Å². The van der Waals surface area contributed by atoms with Gasteiger partial charge in [0.1, 0.15) is 5.82 Å². The van der Waals surface area contributed by atoms with Crippen molar-refractivity contribution >= 4 is 28.8 Å². The number of fused-ring (bicyclic) bond motifs is 1. The van der Waals surface area contributed by atoms with E-state index in [2.05, 4.69) is 10.3 Å². The molecule has 0 radical (unpaired) electrons. The van der Waals surface area contributed by atoms with Crippen LogP contribution in [0.3, 0.4) is 0 Å². The van der Waals surface area contributed by atoms with Gasteiger partial charge in [-0.15, -0.1) is 0 Å². The Bertz CT molecular complexity index is 952. The van der Waals surface area contributed by atoms with E-state index in [0.717, 1.165) is 12.8 Å². The first-order valence-corrected chi connectivity index (χ1v) is 10.5. The van der Waals surface area contributed by atoms with E-state index in [-0.39, 0.29) is 18.4 Å². The standard InChI is InChI=1S/C21H22FN3O3S/c1-3-16-18(20(27)28-2)19(14-6-4-5-7-15(14)22)25-13(11-29-21(25)24-16)10-17(26)23-12-8-9-12/h4-7,11-12,19H,3,8-10H2,1-2H3,(H,23,26)/t19-/m0/s1. The van der Waals surface area contributed by atoms with Crippen molar-refractivity contribution in [2.45, 2.75) is 44.7 Å². The van der Waals surface area contributed by atoms with Gasteiger partial charge < -0.3 is 15.0 Å². The molecule has 8 heteroatoms. The van der Waals surface area contributed by atoms with Gasteiger partial charge in [0.25, 0.3) is 0 Å². The van der Waals surface area contributed by atoms with E-state index in [9.17, 15) is 14.0 Å². The molecule has 1 aromatic carbocycles. The minimum atomic E-state index is -0.735. The molecule has 0 saturated heterocycles. The second-order valence-electron chi connectivity index (χ2n) is 7.14. The quantitative estimate of drug-likeness (QED) is 0.719. The molecule has 2 aliphatic heterocycles. The average Bonchev–Trinajstić information content (AvgIpc) is 3.45. The largest absolute Gasteiger partial charge is 0.466 e. The summed E-state index contributed by atoms with van der Waals surface area (Å²) in [5.41, 5.74) is 1.92.